The molecular formula is C9H13N3O2. The van der Waals surface area contributed by atoms with Gasteiger partial charge in [0, 0.05) is 13.0 Å². The monoisotopic (exact) mass is 195 g/mol. The molecule has 0 aliphatic heterocycles. The van der Waals surface area contributed by atoms with Gasteiger partial charge in [-0.15, -0.1) is 0 Å². The Labute approximate surface area is 81.9 Å². The van der Waals surface area contributed by atoms with Crippen LogP contribution in [0.3, 0.4) is 0 Å². The van der Waals surface area contributed by atoms with Gasteiger partial charge in [-0.2, -0.15) is 0 Å². The van der Waals surface area contributed by atoms with Crippen LogP contribution >= 0.6 is 0 Å². The third kappa shape index (κ3) is 2.18. The van der Waals surface area contributed by atoms with Crippen molar-refractivity contribution in [1.29, 1.82) is 0 Å². The molecule has 0 radical (unpaired) electrons. The van der Waals surface area contributed by atoms with Gasteiger partial charge >= 0.3 is 0 Å². The fourth-order valence-corrected chi connectivity index (χ4v) is 1.07. The Morgan fingerprint density at radius 3 is 2.64 bits per heavy atom. The van der Waals surface area contributed by atoms with Gasteiger partial charge in [-0.25, -0.2) is 4.98 Å². The highest BCUT2D eigenvalue weighted by atomic mass is 16.2. The average molecular weight is 195 g/mol. The van der Waals surface area contributed by atoms with Gasteiger partial charge in [0.2, 0.25) is 0 Å². The van der Waals surface area contributed by atoms with Crippen molar-refractivity contribution in [2.24, 2.45) is 0 Å². The maximum atomic E-state index is 11.5. The third-order valence-electron chi connectivity index (χ3n) is 1.62. The van der Waals surface area contributed by atoms with Crippen LogP contribution in [0.15, 0.2) is 6.33 Å². The number of nitrogens with zero attached hydrogens (tertiary/aromatic N) is 1. The van der Waals surface area contributed by atoms with Crippen LogP contribution in [-0.2, 0) is 0 Å². The van der Waals surface area contributed by atoms with E-state index in [1.54, 1.807) is 0 Å². The Kier molecular flexibility index (Phi) is 3.01. The summed E-state index contributed by atoms with van der Waals surface area (Å²) in [7, 11) is 0. The minimum atomic E-state index is -0.303. The summed E-state index contributed by atoms with van der Waals surface area (Å²) in [6.07, 6.45) is 1.34. The van der Waals surface area contributed by atoms with E-state index in [1.807, 2.05) is 13.8 Å². The van der Waals surface area contributed by atoms with Crippen LogP contribution < -0.4 is 5.32 Å². The number of H-pyrrole nitrogens is 1. The number of Topliss-reactive ketones (excluding diaryl/α,β-unsaturated/α-hetero) is 1. The molecule has 0 bridgehead atoms. The summed E-state index contributed by atoms with van der Waals surface area (Å²) >= 11 is 0. The number of ketones is 1. The van der Waals surface area contributed by atoms with E-state index in [1.165, 1.54) is 13.3 Å². The highest BCUT2D eigenvalue weighted by Gasteiger charge is 2.17. The number of amides is 1. The van der Waals surface area contributed by atoms with E-state index in [2.05, 4.69) is 15.3 Å². The molecule has 0 aromatic carbocycles. The number of hydrogen-bond donors (Lipinski definition) is 2. The van der Waals surface area contributed by atoms with Crippen LogP contribution in [0.4, 0.5) is 0 Å². The maximum Gasteiger partial charge on any atom is 0.270 e. The summed E-state index contributed by atoms with van der Waals surface area (Å²) in [5.74, 6) is -0.525. The molecule has 0 spiro atoms. The quantitative estimate of drug-likeness (QED) is 0.699. The van der Waals surface area contributed by atoms with Crippen molar-refractivity contribution in [2.75, 3.05) is 0 Å². The number of carbonyl (C=O) groups is 2. The Balaban J connectivity index is 2.90. The lowest BCUT2D eigenvalue weighted by molar-refractivity contribution is 0.0924. The van der Waals surface area contributed by atoms with Crippen LogP contribution in [0, 0.1) is 0 Å². The molecule has 0 aliphatic carbocycles. The summed E-state index contributed by atoms with van der Waals surface area (Å²) < 4.78 is 0. The molecule has 0 aliphatic rings. The molecule has 1 amide bonds. The summed E-state index contributed by atoms with van der Waals surface area (Å²) in [5.41, 5.74) is 0.411. The van der Waals surface area contributed by atoms with Crippen molar-refractivity contribution in [1.82, 2.24) is 15.3 Å². The SMILES string of the molecule is CC(=O)c1nc[nH]c1C(=O)NC(C)C. The topological polar surface area (TPSA) is 74.8 Å². The first-order valence-electron chi connectivity index (χ1n) is 4.37. The lowest BCUT2D eigenvalue weighted by atomic mass is 10.2. The normalized spacial score (nSPS) is 10.3. The molecule has 14 heavy (non-hydrogen) atoms. The summed E-state index contributed by atoms with van der Waals surface area (Å²) in [6.45, 7) is 5.08. The second kappa shape index (κ2) is 4.04. The summed E-state index contributed by atoms with van der Waals surface area (Å²) in [5, 5.41) is 2.68. The lowest BCUT2D eigenvalue weighted by Crippen LogP contribution is -2.31. The van der Waals surface area contributed by atoms with E-state index < -0.39 is 0 Å². The van der Waals surface area contributed by atoms with E-state index in [-0.39, 0.29) is 29.1 Å². The number of carbonyl (C=O) groups excluding carboxylic acids is 2. The molecule has 0 atom stereocenters. The van der Waals surface area contributed by atoms with E-state index in [0.29, 0.717) is 0 Å². The Bertz CT molecular complexity index is 355. The van der Waals surface area contributed by atoms with Gasteiger partial charge in [-0.05, 0) is 13.8 Å². The zero-order valence-corrected chi connectivity index (χ0v) is 8.42. The van der Waals surface area contributed by atoms with Gasteiger partial charge in [0.05, 0.1) is 6.33 Å². The lowest BCUT2D eigenvalue weighted by Gasteiger charge is -2.06. The standard InChI is InChI=1S/C9H13N3O2/c1-5(2)12-9(14)8-7(6(3)13)10-4-11-8/h4-5H,1-3H3,(H,10,11)(H,12,14). The fraction of sp³-hybridized carbons (Fsp3) is 0.444. The van der Waals surface area contributed by atoms with Crippen LogP contribution in [0.2, 0.25) is 0 Å². The first-order valence-corrected chi connectivity index (χ1v) is 4.37. The van der Waals surface area contributed by atoms with Crippen LogP contribution in [0.1, 0.15) is 41.7 Å². The molecule has 1 heterocycles. The average Bonchev–Trinajstić information content (AvgIpc) is 2.49. The number of aromatic nitrogens is 2. The Morgan fingerprint density at radius 2 is 2.14 bits per heavy atom. The van der Waals surface area contributed by atoms with E-state index in [9.17, 15) is 9.59 Å². The van der Waals surface area contributed by atoms with E-state index in [0.717, 1.165) is 0 Å². The molecule has 5 nitrogen and oxygen atoms in total. The number of aromatic amines is 1. The van der Waals surface area contributed by atoms with Gasteiger partial charge in [0.15, 0.2) is 5.78 Å². The van der Waals surface area contributed by atoms with Crippen LogP contribution in [0.25, 0.3) is 0 Å². The molecule has 0 fully saturated rings. The zero-order chi connectivity index (χ0) is 10.7. The van der Waals surface area contributed by atoms with Crippen molar-refractivity contribution >= 4 is 11.7 Å². The molecule has 0 saturated carbocycles. The van der Waals surface area contributed by atoms with E-state index in [4.69, 9.17) is 0 Å². The van der Waals surface area contributed by atoms with Gasteiger partial charge in [-0.1, -0.05) is 0 Å². The molecule has 1 rings (SSSR count). The van der Waals surface area contributed by atoms with Crippen LogP contribution in [-0.4, -0.2) is 27.7 Å². The largest absolute Gasteiger partial charge is 0.349 e. The van der Waals surface area contributed by atoms with Gasteiger partial charge < -0.3 is 10.3 Å². The highest BCUT2D eigenvalue weighted by Crippen LogP contribution is 2.03. The second-order valence-electron chi connectivity index (χ2n) is 3.31. The first-order chi connectivity index (χ1) is 6.52. The van der Waals surface area contributed by atoms with Gasteiger partial charge in [-0.3, -0.25) is 9.59 Å². The van der Waals surface area contributed by atoms with Crippen molar-refractivity contribution in [3.63, 3.8) is 0 Å². The van der Waals surface area contributed by atoms with E-state index >= 15 is 0 Å². The first kappa shape index (κ1) is 10.4. The van der Waals surface area contributed by atoms with Crippen molar-refractivity contribution < 1.29 is 9.59 Å². The molecular weight excluding hydrogens is 182 g/mol. The summed E-state index contributed by atoms with van der Waals surface area (Å²) in [6, 6.07) is 0.0330. The fourth-order valence-electron chi connectivity index (χ4n) is 1.07. The molecule has 1 aromatic heterocycles. The van der Waals surface area contributed by atoms with Crippen molar-refractivity contribution in [3.05, 3.63) is 17.7 Å². The minimum absolute atomic E-state index is 0.0330. The molecule has 5 heteroatoms. The predicted molar refractivity (Wildman–Crippen MR) is 51.2 cm³/mol. The highest BCUT2D eigenvalue weighted by molar-refractivity contribution is 6.04. The molecule has 1 aromatic rings. The van der Waals surface area contributed by atoms with Crippen molar-refractivity contribution in [2.45, 2.75) is 26.8 Å². The van der Waals surface area contributed by atoms with Gasteiger partial charge in [0.1, 0.15) is 11.4 Å². The number of nitrogens with one attached hydrogen (secondary N) is 2. The van der Waals surface area contributed by atoms with Crippen LogP contribution in [0.5, 0.6) is 0 Å². The molecule has 2 N–H and O–H groups in total. The number of imidazole rings is 1. The van der Waals surface area contributed by atoms with Crippen molar-refractivity contribution in [3.8, 4) is 0 Å². The minimum Gasteiger partial charge on any atom is -0.349 e. The predicted octanol–water partition coefficient (Wildman–Crippen LogP) is 0.751. The smallest absolute Gasteiger partial charge is 0.270 e. The Morgan fingerprint density at radius 1 is 1.50 bits per heavy atom. The third-order valence-corrected chi connectivity index (χ3v) is 1.62. The summed E-state index contributed by atoms with van der Waals surface area (Å²) in [4.78, 5) is 29.0. The Hall–Kier alpha value is -1.65. The second-order valence-corrected chi connectivity index (χ2v) is 3.31. The molecule has 0 unspecified atom stereocenters. The zero-order valence-electron chi connectivity index (χ0n) is 8.42. The molecule has 76 valence electrons. The molecule has 0 saturated heterocycles. The number of rotatable bonds is 3. The number of hydrogen-bond acceptors (Lipinski definition) is 3. The van der Waals surface area contributed by atoms with Gasteiger partial charge in [0.25, 0.3) is 5.91 Å². The maximum absolute atomic E-state index is 11.5.